The van der Waals surface area contributed by atoms with Gasteiger partial charge in [0.1, 0.15) is 11.9 Å². The number of carbonyl (C=O) groups excluding carboxylic acids is 2. The monoisotopic (exact) mass is 445 g/mol. The Bertz CT molecular complexity index is 803. The molecule has 5 heterocycles. The van der Waals surface area contributed by atoms with Gasteiger partial charge >= 0.3 is 0 Å². The van der Waals surface area contributed by atoms with Crippen LogP contribution in [0.15, 0.2) is 18.6 Å². The fraction of sp³-hybridized carbons (Fsp3) is 0.682. The van der Waals surface area contributed by atoms with Gasteiger partial charge in [-0.25, -0.2) is 4.98 Å². The fourth-order valence-electron chi connectivity index (χ4n) is 5.78. The maximum Gasteiger partial charge on any atom is 0.290 e. The second kappa shape index (κ2) is 10.2. The van der Waals surface area contributed by atoms with Gasteiger partial charge < -0.3 is 25.0 Å². The van der Waals surface area contributed by atoms with E-state index in [0.717, 1.165) is 51.0 Å². The van der Waals surface area contributed by atoms with Crippen LogP contribution < -0.4 is 10.2 Å². The molecule has 0 radical (unpaired) electrons. The Hall–Kier alpha value is -2.75. The first-order valence-corrected chi connectivity index (χ1v) is 11.4. The van der Waals surface area contributed by atoms with Crippen molar-refractivity contribution in [3.8, 4) is 0 Å². The molecule has 5 atom stereocenters. The first-order valence-electron chi connectivity index (χ1n) is 11.4. The normalized spacial score (nSPS) is 31.2. The van der Waals surface area contributed by atoms with E-state index in [9.17, 15) is 9.59 Å². The van der Waals surface area contributed by atoms with Crippen molar-refractivity contribution in [1.29, 1.82) is 0 Å². The lowest BCUT2D eigenvalue weighted by Crippen LogP contribution is -2.67. The van der Waals surface area contributed by atoms with E-state index in [1.807, 2.05) is 6.20 Å². The second-order valence-electron chi connectivity index (χ2n) is 8.90. The molecule has 4 aliphatic heterocycles. The lowest BCUT2D eigenvalue weighted by Gasteiger charge is -2.56. The molecule has 174 valence electrons. The minimum atomic E-state index is -0.332. The zero-order valence-corrected chi connectivity index (χ0v) is 18.1. The number of ether oxygens (including phenoxy) is 1. The molecule has 2 N–H and O–H groups in total. The van der Waals surface area contributed by atoms with Crippen molar-refractivity contribution in [3.05, 3.63) is 18.6 Å². The minimum Gasteiger partial charge on any atom is -0.483 e. The highest BCUT2D eigenvalue weighted by Gasteiger charge is 2.49. The summed E-state index contributed by atoms with van der Waals surface area (Å²) in [7, 11) is 0. The average molecular weight is 446 g/mol. The van der Waals surface area contributed by atoms with Crippen LogP contribution in [0, 0.1) is 11.8 Å². The molecule has 2 amide bonds. The highest BCUT2D eigenvalue weighted by atomic mass is 16.5. The van der Waals surface area contributed by atoms with E-state index in [0.29, 0.717) is 31.4 Å². The van der Waals surface area contributed by atoms with Crippen molar-refractivity contribution >= 4 is 24.1 Å². The third kappa shape index (κ3) is 4.69. The summed E-state index contributed by atoms with van der Waals surface area (Å²) < 4.78 is 5.52. The van der Waals surface area contributed by atoms with Gasteiger partial charge in [0.2, 0.25) is 11.8 Å². The van der Waals surface area contributed by atoms with Gasteiger partial charge in [0.05, 0.1) is 12.2 Å². The number of piperidine rings is 3. The quantitative estimate of drug-likeness (QED) is 0.648. The number of nitrogens with zero attached hydrogens (tertiary/aromatic N) is 4. The Morgan fingerprint density at radius 2 is 2.06 bits per heavy atom. The first kappa shape index (κ1) is 22.4. The zero-order valence-electron chi connectivity index (χ0n) is 18.1. The van der Waals surface area contributed by atoms with E-state index < -0.39 is 0 Å². The molecule has 0 spiro atoms. The number of rotatable bonds is 4. The summed E-state index contributed by atoms with van der Waals surface area (Å²) in [5.74, 6) is 1.89. The van der Waals surface area contributed by atoms with Gasteiger partial charge in [-0.1, -0.05) is 0 Å². The molecule has 5 rings (SSSR count). The third-order valence-electron chi connectivity index (χ3n) is 7.08. The predicted octanol–water partition coefficient (Wildman–Crippen LogP) is 0.678. The molecule has 32 heavy (non-hydrogen) atoms. The predicted molar refractivity (Wildman–Crippen MR) is 115 cm³/mol. The van der Waals surface area contributed by atoms with Gasteiger partial charge in [-0.05, 0) is 43.9 Å². The summed E-state index contributed by atoms with van der Waals surface area (Å²) in [6.45, 7) is 2.67. The molecule has 1 aromatic rings. The number of anilines is 1. The maximum absolute atomic E-state index is 12.9. The van der Waals surface area contributed by atoms with Crippen LogP contribution in [-0.4, -0.2) is 82.7 Å². The minimum absolute atomic E-state index is 0.0350. The van der Waals surface area contributed by atoms with E-state index in [2.05, 4.69) is 25.1 Å². The van der Waals surface area contributed by atoms with Crippen molar-refractivity contribution in [1.82, 2.24) is 20.2 Å². The number of aromatic nitrogens is 2. The van der Waals surface area contributed by atoms with Crippen molar-refractivity contribution in [2.24, 2.45) is 11.8 Å². The largest absolute Gasteiger partial charge is 0.483 e. The molecule has 4 saturated heterocycles. The Labute approximate surface area is 187 Å². The van der Waals surface area contributed by atoms with Crippen LogP contribution in [0.25, 0.3) is 0 Å². The summed E-state index contributed by atoms with van der Waals surface area (Å²) in [6, 6.07) is 0.297. The van der Waals surface area contributed by atoms with Gasteiger partial charge in [0.15, 0.2) is 0 Å². The molecular weight excluding hydrogens is 414 g/mol. The number of carbonyl (C=O) groups is 3. The van der Waals surface area contributed by atoms with Gasteiger partial charge in [-0.15, -0.1) is 0 Å². The smallest absolute Gasteiger partial charge is 0.290 e. The zero-order chi connectivity index (χ0) is 22.5. The molecule has 0 saturated carbocycles. The SMILES string of the molecule is O=C(NC[C@H]1[C@H]2C[C@H](CN(c3cnccn3)C2)[C@@H]2CCCC(=O)N21)[C@H]1CCCO1.O=CO. The molecule has 0 unspecified atom stereocenters. The molecule has 10 nitrogen and oxygen atoms in total. The summed E-state index contributed by atoms with van der Waals surface area (Å²) in [5.41, 5.74) is 0. The molecule has 0 aliphatic carbocycles. The average Bonchev–Trinajstić information content (AvgIpc) is 3.35. The molecule has 4 aliphatic rings. The Morgan fingerprint density at radius 1 is 1.25 bits per heavy atom. The molecule has 4 fully saturated rings. The van der Waals surface area contributed by atoms with Gasteiger partial charge in [0, 0.05) is 51.1 Å². The Kier molecular flexibility index (Phi) is 7.19. The summed E-state index contributed by atoms with van der Waals surface area (Å²) in [4.78, 5) is 46.9. The van der Waals surface area contributed by atoms with Crippen molar-refractivity contribution < 1.29 is 24.2 Å². The number of fused-ring (bicyclic) bond motifs is 4. The number of carboxylic acid groups (broad SMARTS) is 1. The standard InChI is InChI=1S/C21H29N5O3.CH2O2/c27-20-5-1-3-16-14-9-15(13-25(12-14)19-11-22-6-7-23-19)17(26(16)20)10-24-21(28)18-4-2-8-29-18;2-1-3/h6-7,11,14-18H,1-5,8-10,12-13H2,(H,24,28);1H,(H,2,3)/t14-,15+,16+,17+,18-;/m1./s1. The van der Waals surface area contributed by atoms with Crippen LogP contribution in [0.1, 0.15) is 38.5 Å². The van der Waals surface area contributed by atoms with Gasteiger partial charge in [-0.3, -0.25) is 19.4 Å². The van der Waals surface area contributed by atoms with Crippen LogP contribution in [0.2, 0.25) is 0 Å². The fourth-order valence-corrected chi connectivity index (χ4v) is 5.78. The Morgan fingerprint density at radius 3 is 2.78 bits per heavy atom. The molecule has 1 aromatic heterocycles. The van der Waals surface area contributed by atoms with Crippen LogP contribution in [0.4, 0.5) is 5.82 Å². The first-order chi connectivity index (χ1) is 15.6. The van der Waals surface area contributed by atoms with E-state index >= 15 is 0 Å². The summed E-state index contributed by atoms with van der Waals surface area (Å²) in [5, 5.41) is 9.99. The van der Waals surface area contributed by atoms with Crippen LogP contribution in [-0.2, 0) is 19.1 Å². The lowest BCUT2D eigenvalue weighted by atomic mass is 9.72. The molecule has 2 bridgehead atoms. The number of nitrogens with one attached hydrogen (secondary N) is 1. The van der Waals surface area contributed by atoms with Crippen LogP contribution in [0.3, 0.4) is 0 Å². The number of amides is 2. The third-order valence-corrected chi connectivity index (χ3v) is 7.08. The topological polar surface area (TPSA) is 125 Å². The summed E-state index contributed by atoms with van der Waals surface area (Å²) in [6.07, 6.45) is 10.4. The highest BCUT2D eigenvalue weighted by molar-refractivity contribution is 5.81. The van der Waals surface area contributed by atoms with Crippen molar-refractivity contribution in [2.75, 3.05) is 31.1 Å². The molecule has 10 heteroatoms. The van der Waals surface area contributed by atoms with Crippen LogP contribution >= 0.6 is 0 Å². The van der Waals surface area contributed by atoms with E-state index in [-0.39, 0.29) is 36.5 Å². The number of hydrogen-bond donors (Lipinski definition) is 2. The highest BCUT2D eigenvalue weighted by Crippen LogP contribution is 2.42. The Balaban J connectivity index is 0.000000775. The van der Waals surface area contributed by atoms with Gasteiger partial charge in [0.25, 0.3) is 6.47 Å². The number of hydrogen-bond acceptors (Lipinski definition) is 7. The van der Waals surface area contributed by atoms with Crippen LogP contribution in [0.5, 0.6) is 0 Å². The molecular formula is C22H31N5O5. The van der Waals surface area contributed by atoms with Gasteiger partial charge in [-0.2, -0.15) is 0 Å². The van der Waals surface area contributed by atoms with Crippen molar-refractivity contribution in [3.63, 3.8) is 0 Å². The van der Waals surface area contributed by atoms with E-state index in [1.54, 1.807) is 12.4 Å². The lowest BCUT2D eigenvalue weighted by molar-refractivity contribution is -0.149. The van der Waals surface area contributed by atoms with E-state index in [4.69, 9.17) is 14.6 Å². The second-order valence-corrected chi connectivity index (χ2v) is 8.90. The maximum atomic E-state index is 12.9. The van der Waals surface area contributed by atoms with E-state index in [1.165, 1.54) is 0 Å². The molecule has 0 aromatic carbocycles. The van der Waals surface area contributed by atoms with Crippen molar-refractivity contribution in [2.45, 2.75) is 56.7 Å². The summed E-state index contributed by atoms with van der Waals surface area (Å²) >= 11 is 0.